The van der Waals surface area contributed by atoms with E-state index in [1.54, 1.807) is 11.3 Å². The first-order valence-electron chi connectivity index (χ1n) is 6.95. The maximum absolute atomic E-state index is 4.72. The second-order valence-electron chi connectivity index (χ2n) is 5.28. The van der Waals surface area contributed by atoms with Crippen molar-refractivity contribution in [2.24, 2.45) is 0 Å². The van der Waals surface area contributed by atoms with Gasteiger partial charge in [-0.15, -0.1) is 11.3 Å². The van der Waals surface area contributed by atoms with Crippen molar-refractivity contribution >= 4 is 16.5 Å². The Bertz CT molecular complexity index is 392. The minimum absolute atomic E-state index is 0.768. The van der Waals surface area contributed by atoms with Gasteiger partial charge in [0.25, 0.3) is 0 Å². The van der Waals surface area contributed by atoms with Crippen LogP contribution in [-0.4, -0.2) is 49.2 Å². The second kappa shape index (κ2) is 5.55. The molecule has 0 saturated carbocycles. The first-order chi connectivity index (χ1) is 8.86. The normalized spacial score (nSPS) is 25.2. The molecule has 1 N–H and O–H groups in total. The number of piperazine rings is 1. The van der Waals surface area contributed by atoms with Crippen LogP contribution in [0, 0.1) is 0 Å². The highest BCUT2D eigenvalue weighted by Crippen LogP contribution is 2.27. The van der Waals surface area contributed by atoms with Crippen LogP contribution in [0.5, 0.6) is 0 Å². The van der Waals surface area contributed by atoms with Crippen molar-refractivity contribution in [1.29, 1.82) is 0 Å². The van der Waals surface area contributed by atoms with E-state index in [0.29, 0.717) is 0 Å². The van der Waals surface area contributed by atoms with Crippen molar-refractivity contribution in [3.8, 4) is 0 Å². The molecule has 2 aliphatic heterocycles. The Labute approximate surface area is 113 Å². The zero-order valence-electron chi connectivity index (χ0n) is 11.1. The summed E-state index contributed by atoms with van der Waals surface area (Å²) >= 11 is 1.79. The molecule has 0 bridgehead atoms. The third kappa shape index (κ3) is 2.53. The van der Waals surface area contributed by atoms with E-state index in [2.05, 4.69) is 20.5 Å². The number of piperidine rings is 1. The van der Waals surface area contributed by atoms with Crippen molar-refractivity contribution < 1.29 is 0 Å². The topological polar surface area (TPSA) is 31.4 Å². The Morgan fingerprint density at radius 3 is 3.22 bits per heavy atom. The summed E-state index contributed by atoms with van der Waals surface area (Å²) in [5.74, 6) is 0. The molecule has 1 aromatic heterocycles. The summed E-state index contributed by atoms with van der Waals surface area (Å²) in [6.45, 7) is 5.71. The first kappa shape index (κ1) is 12.4. The van der Waals surface area contributed by atoms with E-state index in [9.17, 15) is 0 Å². The molecule has 1 aromatic rings. The van der Waals surface area contributed by atoms with E-state index in [1.807, 2.05) is 7.05 Å². The van der Waals surface area contributed by atoms with Gasteiger partial charge in [0.15, 0.2) is 5.13 Å². The van der Waals surface area contributed by atoms with Crippen LogP contribution in [0.15, 0.2) is 5.38 Å². The Hall–Kier alpha value is -0.650. The Morgan fingerprint density at radius 2 is 2.33 bits per heavy atom. The lowest BCUT2D eigenvalue weighted by Gasteiger charge is -2.44. The smallest absolute Gasteiger partial charge is 0.185 e. The number of nitrogens with one attached hydrogen (secondary N) is 1. The lowest BCUT2D eigenvalue weighted by atomic mass is 10.00. The molecule has 5 heteroatoms. The largest absolute Gasteiger partial charge is 0.345 e. The highest BCUT2D eigenvalue weighted by atomic mass is 32.1. The number of rotatable bonds is 3. The van der Waals surface area contributed by atoms with Crippen LogP contribution in [0.1, 0.15) is 25.0 Å². The Balaban J connectivity index is 1.65. The van der Waals surface area contributed by atoms with Gasteiger partial charge in [-0.3, -0.25) is 4.90 Å². The van der Waals surface area contributed by atoms with Gasteiger partial charge in [-0.25, -0.2) is 4.98 Å². The highest BCUT2D eigenvalue weighted by molar-refractivity contribution is 7.13. The summed E-state index contributed by atoms with van der Waals surface area (Å²) in [5, 5.41) is 6.56. The van der Waals surface area contributed by atoms with Gasteiger partial charge in [-0.1, -0.05) is 6.42 Å². The summed E-state index contributed by atoms with van der Waals surface area (Å²) in [6, 6.07) is 0.768. The van der Waals surface area contributed by atoms with Gasteiger partial charge >= 0.3 is 0 Å². The number of thiazole rings is 1. The minimum atomic E-state index is 0.768. The fraction of sp³-hybridized carbons (Fsp3) is 0.769. The van der Waals surface area contributed by atoms with Gasteiger partial charge in [-0.05, 0) is 26.4 Å². The van der Waals surface area contributed by atoms with Crippen LogP contribution in [0.25, 0.3) is 0 Å². The molecular weight excluding hydrogens is 244 g/mol. The van der Waals surface area contributed by atoms with Gasteiger partial charge in [0.1, 0.15) is 0 Å². The molecule has 18 heavy (non-hydrogen) atoms. The van der Waals surface area contributed by atoms with Gasteiger partial charge < -0.3 is 10.2 Å². The zero-order valence-corrected chi connectivity index (χ0v) is 11.9. The molecule has 3 heterocycles. The Kier molecular flexibility index (Phi) is 3.82. The van der Waals surface area contributed by atoms with E-state index in [1.165, 1.54) is 49.7 Å². The molecule has 2 saturated heterocycles. The lowest BCUT2D eigenvalue weighted by Crippen LogP contribution is -2.54. The van der Waals surface area contributed by atoms with Crippen LogP contribution in [-0.2, 0) is 6.54 Å². The summed E-state index contributed by atoms with van der Waals surface area (Å²) in [6.07, 6.45) is 4.16. The quantitative estimate of drug-likeness (QED) is 0.899. The number of aromatic nitrogens is 1. The fourth-order valence-corrected chi connectivity index (χ4v) is 3.90. The fourth-order valence-electron chi connectivity index (χ4n) is 3.03. The summed E-state index contributed by atoms with van der Waals surface area (Å²) < 4.78 is 0. The van der Waals surface area contributed by atoms with Crippen LogP contribution >= 0.6 is 11.3 Å². The minimum Gasteiger partial charge on any atom is -0.345 e. The van der Waals surface area contributed by atoms with Crippen LogP contribution in [0.3, 0.4) is 0 Å². The number of hydrogen-bond donors (Lipinski definition) is 1. The average molecular weight is 266 g/mol. The number of hydrogen-bond acceptors (Lipinski definition) is 5. The molecule has 1 unspecified atom stereocenters. The SMILES string of the molecule is CNCc1csc(N2CCN3CCCCC3C2)n1. The standard InChI is InChI=1S/C13H22N4S/c1-14-8-11-10-18-13(15-11)17-7-6-16-5-3-2-4-12(16)9-17/h10,12,14H,2-9H2,1H3. The lowest BCUT2D eigenvalue weighted by molar-refractivity contribution is 0.133. The van der Waals surface area contributed by atoms with Crippen LogP contribution < -0.4 is 10.2 Å². The molecule has 0 aromatic carbocycles. The molecule has 3 rings (SSSR count). The number of anilines is 1. The molecule has 1 atom stereocenters. The third-order valence-electron chi connectivity index (χ3n) is 4.01. The molecule has 2 fully saturated rings. The number of nitrogens with zero attached hydrogens (tertiary/aromatic N) is 3. The van der Waals surface area contributed by atoms with Crippen molar-refractivity contribution in [2.45, 2.75) is 31.8 Å². The zero-order chi connectivity index (χ0) is 12.4. The van der Waals surface area contributed by atoms with Gasteiger partial charge in [-0.2, -0.15) is 0 Å². The van der Waals surface area contributed by atoms with E-state index in [0.717, 1.165) is 19.1 Å². The summed E-state index contributed by atoms with van der Waals surface area (Å²) in [4.78, 5) is 9.88. The molecule has 4 nitrogen and oxygen atoms in total. The van der Waals surface area contributed by atoms with E-state index in [4.69, 9.17) is 4.98 Å². The van der Waals surface area contributed by atoms with Crippen molar-refractivity contribution in [3.05, 3.63) is 11.1 Å². The van der Waals surface area contributed by atoms with E-state index < -0.39 is 0 Å². The maximum Gasteiger partial charge on any atom is 0.185 e. The predicted molar refractivity (Wildman–Crippen MR) is 76.3 cm³/mol. The molecule has 100 valence electrons. The van der Waals surface area contributed by atoms with E-state index in [-0.39, 0.29) is 0 Å². The maximum atomic E-state index is 4.72. The summed E-state index contributed by atoms with van der Waals surface area (Å²) in [5.41, 5.74) is 1.17. The Morgan fingerprint density at radius 1 is 1.39 bits per heavy atom. The summed E-state index contributed by atoms with van der Waals surface area (Å²) in [7, 11) is 1.97. The monoisotopic (exact) mass is 266 g/mol. The molecule has 2 aliphatic rings. The van der Waals surface area contributed by atoms with Crippen LogP contribution in [0.4, 0.5) is 5.13 Å². The van der Waals surface area contributed by atoms with Crippen molar-refractivity contribution in [1.82, 2.24) is 15.2 Å². The van der Waals surface area contributed by atoms with Gasteiger partial charge in [0.05, 0.1) is 5.69 Å². The molecule has 0 spiro atoms. The van der Waals surface area contributed by atoms with Gasteiger partial charge in [0.2, 0.25) is 0 Å². The van der Waals surface area contributed by atoms with E-state index >= 15 is 0 Å². The van der Waals surface area contributed by atoms with Crippen LogP contribution in [0.2, 0.25) is 0 Å². The molecule has 0 aliphatic carbocycles. The first-order valence-corrected chi connectivity index (χ1v) is 7.83. The third-order valence-corrected chi connectivity index (χ3v) is 4.96. The highest BCUT2D eigenvalue weighted by Gasteiger charge is 2.29. The molecular formula is C13H22N4S. The average Bonchev–Trinajstić information content (AvgIpc) is 2.87. The number of fused-ring (bicyclic) bond motifs is 1. The van der Waals surface area contributed by atoms with Crippen molar-refractivity contribution in [3.63, 3.8) is 0 Å². The van der Waals surface area contributed by atoms with Crippen molar-refractivity contribution in [2.75, 3.05) is 38.1 Å². The molecule has 0 radical (unpaired) electrons. The van der Waals surface area contributed by atoms with Gasteiger partial charge in [0, 0.05) is 37.6 Å². The second-order valence-corrected chi connectivity index (χ2v) is 6.12. The molecule has 0 amide bonds. The predicted octanol–water partition coefficient (Wildman–Crippen LogP) is 1.54.